The molecule has 23 heavy (non-hydrogen) atoms. The maximum atomic E-state index is 11.3. The zero-order valence-electron chi connectivity index (χ0n) is 13.0. The highest BCUT2D eigenvalue weighted by Gasteiger charge is 2.28. The van der Waals surface area contributed by atoms with Gasteiger partial charge < -0.3 is 10.2 Å². The van der Waals surface area contributed by atoms with Gasteiger partial charge in [0.25, 0.3) is 5.69 Å². The van der Waals surface area contributed by atoms with Crippen molar-refractivity contribution in [1.29, 1.82) is 0 Å². The van der Waals surface area contributed by atoms with Crippen LogP contribution in [0.4, 0.5) is 11.4 Å². The zero-order chi connectivity index (χ0) is 17.2. The first kappa shape index (κ1) is 18.0. The van der Waals surface area contributed by atoms with Gasteiger partial charge >= 0.3 is 0 Å². The van der Waals surface area contributed by atoms with Crippen LogP contribution in [0.1, 0.15) is 20.8 Å². The Balaban J connectivity index is 2.34. The van der Waals surface area contributed by atoms with Gasteiger partial charge in [-0.15, -0.1) is 0 Å². The lowest BCUT2D eigenvalue weighted by atomic mass is 10.1. The van der Waals surface area contributed by atoms with Crippen molar-refractivity contribution >= 4 is 57.2 Å². The van der Waals surface area contributed by atoms with Crippen LogP contribution in [-0.4, -0.2) is 33.0 Å². The fourth-order valence-corrected chi connectivity index (χ4v) is 3.60. The minimum Gasteiger partial charge on any atom is -0.356 e. The number of nitro benzene ring substituents is 1. The summed E-state index contributed by atoms with van der Waals surface area (Å²) < 4.78 is 0. The number of thiocarbonyl (C=S) groups is 1. The van der Waals surface area contributed by atoms with Crippen LogP contribution in [0.5, 0.6) is 0 Å². The summed E-state index contributed by atoms with van der Waals surface area (Å²) in [6, 6.07) is 4.50. The number of anilines is 1. The molecule has 0 saturated carbocycles. The molecule has 0 atom stereocenters. The Morgan fingerprint density at radius 3 is 2.83 bits per heavy atom. The van der Waals surface area contributed by atoms with Gasteiger partial charge in [0.2, 0.25) is 0 Å². The molecule has 0 spiro atoms. The first-order valence-corrected chi connectivity index (χ1v) is 8.70. The molecule has 1 saturated heterocycles. The number of nitrogens with one attached hydrogen (secondary N) is 1. The van der Waals surface area contributed by atoms with Gasteiger partial charge in [0, 0.05) is 28.9 Å². The Kier molecular flexibility index (Phi) is 5.49. The van der Waals surface area contributed by atoms with Gasteiger partial charge in [0.1, 0.15) is 5.69 Å². The number of halogens is 1. The van der Waals surface area contributed by atoms with E-state index >= 15 is 0 Å². The van der Waals surface area contributed by atoms with Crippen LogP contribution in [0.15, 0.2) is 23.2 Å². The smallest absolute Gasteiger partial charge is 0.293 e. The molecule has 6 nitrogen and oxygen atoms in total. The maximum absolute atomic E-state index is 11.3. The van der Waals surface area contributed by atoms with E-state index in [9.17, 15) is 10.1 Å². The predicted octanol–water partition coefficient (Wildman–Crippen LogP) is 3.83. The number of hydrogen-bond acceptors (Lipinski definition) is 4. The standard InChI is InChI=1S/C14H17ClN4O2S2/c1-14(2,3)17-12(22)16-13-18(6-7-23-13)11-8-9(15)4-5-10(11)19(20)21/h4-5,8H,6-7H2,1-3H3,(H,17,22). The Hall–Kier alpha value is -1.38. The molecule has 1 N–H and O–H groups in total. The highest BCUT2D eigenvalue weighted by atomic mass is 35.5. The Morgan fingerprint density at radius 2 is 2.22 bits per heavy atom. The zero-order valence-corrected chi connectivity index (χ0v) is 15.4. The van der Waals surface area contributed by atoms with E-state index in [0.717, 1.165) is 5.75 Å². The van der Waals surface area contributed by atoms with E-state index in [-0.39, 0.29) is 11.2 Å². The summed E-state index contributed by atoms with van der Waals surface area (Å²) in [5.74, 6) is 0.778. The molecule has 0 radical (unpaired) electrons. The number of aliphatic imine (C=N–C) groups is 1. The van der Waals surface area contributed by atoms with Crippen LogP contribution in [0.2, 0.25) is 5.02 Å². The molecule has 1 aliphatic rings. The highest BCUT2D eigenvalue weighted by Crippen LogP contribution is 2.35. The summed E-state index contributed by atoms with van der Waals surface area (Å²) in [5, 5.41) is 15.8. The molecule has 0 amide bonds. The Labute approximate surface area is 149 Å². The van der Waals surface area contributed by atoms with Crippen molar-refractivity contribution in [2.75, 3.05) is 17.2 Å². The van der Waals surface area contributed by atoms with Crippen molar-refractivity contribution in [1.82, 2.24) is 5.32 Å². The van der Waals surface area contributed by atoms with Gasteiger partial charge in [-0.05, 0) is 45.1 Å². The largest absolute Gasteiger partial charge is 0.356 e. The number of benzene rings is 1. The van der Waals surface area contributed by atoms with Gasteiger partial charge in [-0.25, -0.2) is 0 Å². The molecule has 1 aliphatic heterocycles. The molecule has 1 heterocycles. The molecule has 0 unspecified atom stereocenters. The lowest BCUT2D eigenvalue weighted by molar-refractivity contribution is -0.384. The topological polar surface area (TPSA) is 70.8 Å². The average Bonchev–Trinajstić information content (AvgIpc) is 2.83. The number of nitro groups is 1. The molecule has 1 aromatic rings. The minimum atomic E-state index is -0.419. The second kappa shape index (κ2) is 7.02. The van der Waals surface area contributed by atoms with Crippen molar-refractivity contribution in [2.24, 2.45) is 4.99 Å². The fraction of sp³-hybridized carbons (Fsp3) is 0.429. The van der Waals surface area contributed by atoms with Crippen LogP contribution in [0.25, 0.3) is 0 Å². The van der Waals surface area contributed by atoms with E-state index in [1.165, 1.54) is 23.9 Å². The third kappa shape index (κ3) is 4.79. The normalized spacial score (nSPS) is 16.7. The van der Waals surface area contributed by atoms with Gasteiger partial charge in [-0.2, -0.15) is 4.99 Å². The summed E-state index contributed by atoms with van der Waals surface area (Å²) in [5.41, 5.74) is 0.237. The number of amidine groups is 1. The first-order valence-electron chi connectivity index (χ1n) is 6.92. The molecule has 1 aromatic carbocycles. The molecule has 2 rings (SSSR count). The molecule has 0 bridgehead atoms. The third-order valence-corrected chi connectivity index (χ3v) is 4.27. The fourth-order valence-electron chi connectivity index (χ4n) is 2.02. The lowest BCUT2D eigenvalue weighted by Gasteiger charge is -2.22. The molecule has 124 valence electrons. The number of thioether (sulfide) groups is 1. The van der Waals surface area contributed by atoms with Crippen molar-refractivity contribution in [3.63, 3.8) is 0 Å². The highest BCUT2D eigenvalue weighted by molar-refractivity contribution is 8.14. The number of hydrogen-bond donors (Lipinski definition) is 1. The van der Waals surface area contributed by atoms with Crippen LogP contribution in [0, 0.1) is 10.1 Å². The Morgan fingerprint density at radius 1 is 1.52 bits per heavy atom. The van der Waals surface area contributed by atoms with Crippen LogP contribution in [-0.2, 0) is 0 Å². The van der Waals surface area contributed by atoms with Gasteiger partial charge in [-0.1, -0.05) is 23.4 Å². The first-order chi connectivity index (χ1) is 10.7. The lowest BCUT2D eigenvalue weighted by Crippen LogP contribution is -2.39. The van der Waals surface area contributed by atoms with E-state index in [2.05, 4.69) is 10.3 Å². The molecule has 9 heteroatoms. The van der Waals surface area contributed by atoms with Gasteiger partial charge in [-0.3, -0.25) is 10.1 Å². The van der Waals surface area contributed by atoms with Crippen molar-refractivity contribution in [3.8, 4) is 0 Å². The van der Waals surface area contributed by atoms with Gasteiger partial charge in [0.05, 0.1) is 4.92 Å². The summed E-state index contributed by atoms with van der Waals surface area (Å²) >= 11 is 12.8. The van der Waals surface area contributed by atoms with E-state index in [0.29, 0.717) is 27.5 Å². The second-order valence-corrected chi connectivity index (χ2v) is 7.85. The maximum Gasteiger partial charge on any atom is 0.293 e. The summed E-state index contributed by atoms with van der Waals surface area (Å²) in [4.78, 5) is 17.0. The molecule has 1 fully saturated rings. The molecular weight excluding hydrogens is 356 g/mol. The van der Waals surface area contributed by atoms with Crippen molar-refractivity contribution in [2.45, 2.75) is 26.3 Å². The number of rotatable bonds is 2. The summed E-state index contributed by atoms with van der Waals surface area (Å²) in [6.45, 7) is 6.57. The van der Waals surface area contributed by atoms with E-state index < -0.39 is 4.92 Å². The van der Waals surface area contributed by atoms with Crippen molar-refractivity contribution < 1.29 is 4.92 Å². The molecule has 0 aliphatic carbocycles. The molecule has 0 aromatic heterocycles. The summed E-state index contributed by atoms with van der Waals surface area (Å²) in [7, 11) is 0. The monoisotopic (exact) mass is 372 g/mol. The average molecular weight is 373 g/mol. The van der Waals surface area contributed by atoms with Crippen LogP contribution < -0.4 is 10.2 Å². The molecular formula is C14H17ClN4O2S2. The van der Waals surface area contributed by atoms with Crippen LogP contribution in [0.3, 0.4) is 0 Å². The van der Waals surface area contributed by atoms with Crippen LogP contribution >= 0.6 is 35.6 Å². The van der Waals surface area contributed by atoms with E-state index in [1.807, 2.05) is 20.8 Å². The van der Waals surface area contributed by atoms with E-state index in [4.69, 9.17) is 23.8 Å². The van der Waals surface area contributed by atoms with E-state index in [1.54, 1.807) is 11.0 Å². The SMILES string of the molecule is CC(C)(C)NC(=S)N=C1SCCN1c1cc(Cl)ccc1[N+](=O)[O-]. The van der Waals surface area contributed by atoms with Crippen molar-refractivity contribution in [3.05, 3.63) is 33.3 Å². The quantitative estimate of drug-likeness (QED) is 0.483. The van der Waals surface area contributed by atoms with Gasteiger partial charge in [0.15, 0.2) is 10.3 Å². The second-order valence-electron chi connectivity index (χ2n) is 5.96. The predicted molar refractivity (Wildman–Crippen MR) is 101 cm³/mol. The Bertz CT molecular complexity index is 673. The summed E-state index contributed by atoms with van der Waals surface area (Å²) in [6.07, 6.45) is 0. The minimum absolute atomic E-state index is 0.000649. The third-order valence-electron chi connectivity index (χ3n) is 2.88. The number of nitrogens with zero attached hydrogens (tertiary/aromatic N) is 3.